The maximum absolute atomic E-state index is 14.2. The van der Waals surface area contributed by atoms with E-state index in [1.165, 1.54) is 12.1 Å². The second-order valence-corrected chi connectivity index (χ2v) is 9.63. The van der Waals surface area contributed by atoms with E-state index in [0.29, 0.717) is 39.6 Å². The molecule has 41 heavy (non-hydrogen) atoms. The molecule has 0 aliphatic rings. The third-order valence-electron chi connectivity index (χ3n) is 6.74. The number of rotatable bonds is 5. The van der Waals surface area contributed by atoms with E-state index in [1.54, 1.807) is 36.9 Å². The minimum Gasteiger partial charge on any atom is -0.321 e. The number of aryl methyl sites for hydroxylation is 1. The number of amides is 1. The van der Waals surface area contributed by atoms with Gasteiger partial charge < -0.3 is 10.3 Å². The minimum atomic E-state index is -0.309. The van der Waals surface area contributed by atoms with Crippen LogP contribution in [0.15, 0.2) is 91.5 Å². The van der Waals surface area contributed by atoms with E-state index in [1.807, 2.05) is 49.4 Å². The summed E-state index contributed by atoms with van der Waals surface area (Å²) in [6.45, 7) is 1.85. The maximum Gasteiger partial charge on any atom is 0.255 e. The average molecular weight is 541 g/mol. The van der Waals surface area contributed by atoms with Crippen LogP contribution in [0.5, 0.6) is 0 Å². The predicted octanol–water partition coefficient (Wildman–Crippen LogP) is 6.33. The van der Waals surface area contributed by atoms with Crippen LogP contribution in [0, 0.1) is 12.7 Å². The summed E-state index contributed by atoms with van der Waals surface area (Å²) in [5, 5.41) is 11.1. The van der Waals surface area contributed by atoms with E-state index in [4.69, 9.17) is 4.98 Å². The fraction of sp³-hybridized carbons (Fsp3) is 0.0323. The number of nitrogens with one attached hydrogen (secondary N) is 3. The zero-order valence-electron chi connectivity index (χ0n) is 21.7. The maximum atomic E-state index is 14.2. The lowest BCUT2D eigenvalue weighted by Gasteiger charge is -2.07. The van der Waals surface area contributed by atoms with E-state index in [2.05, 4.69) is 35.5 Å². The van der Waals surface area contributed by atoms with Crippen molar-refractivity contribution in [3.05, 3.63) is 108 Å². The van der Waals surface area contributed by atoms with Gasteiger partial charge in [-0.05, 0) is 60.5 Å². The molecule has 10 heteroatoms. The van der Waals surface area contributed by atoms with Crippen molar-refractivity contribution >= 4 is 33.8 Å². The van der Waals surface area contributed by atoms with Crippen LogP contribution >= 0.6 is 0 Å². The number of fused-ring (bicyclic) bond motifs is 2. The summed E-state index contributed by atoms with van der Waals surface area (Å²) in [5.41, 5.74) is 7.29. The third kappa shape index (κ3) is 4.57. The summed E-state index contributed by atoms with van der Waals surface area (Å²) in [7, 11) is 0. The van der Waals surface area contributed by atoms with E-state index >= 15 is 0 Å². The lowest BCUT2D eigenvalue weighted by Crippen LogP contribution is -2.11. The lowest BCUT2D eigenvalue weighted by molar-refractivity contribution is 0.102. The van der Waals surface area contributed by atoms with Gasteiger partial charge in [0.05, 0.1) is 17.3 Å². The summed E-state index contributed by atoms with van der Waals surface area (Å²) in [6, 6.07) is 19.5. The molecule has 9 nitrogen and oxygen atoms in total. The smallest absolute Gasteiger partial charge is 0.255 e. The number of H-pyrrole nitrogens is 2. The molecule has 7 aromatic rings. The van der Waals surface area contributed by atoms with Crippen molar-refractivity contribution in [3.8, 4) is 33.8 Å². The van der Waals surface area contributed by atoms with Gasteiger partial charge in [-0.15, -0.1) is 0 Å². The second-order valence-electron chi connectivity index (χ2n) is 9.63. The molecule has 0 saturated heterocycles. The highest BCUT2D eigenvalue weighted by molar-refractivity contribution is 6.04. The van der Waals surface area contributed by atoms with Crippen molar-refractivity contribution < 1.29 is 9.18 Å². The van der Waals surface area contributed by atoms with Gasteiger partial charge in [-0.3, -0.25) is 14.9 Å². The monoisotopic (exact) mass is 540 g/mol. The molecule has 0 unspecified atom stereocenters. The van der Waals surface area contributed by atoms with E-state index in [-0.39, 0.29) is 11.7 Å². The Morgan fingerprint density at radius 3 is 2.59 bits per heavy atom. The largest absolute Gasteiger partial charge is 0.321 e. The molecule has 0 atom stereocenters. The Morgan fingerprint density at radius 2 is 1.73 bits per heavy atom. The molecule has 198 valence electrons. The fourth-order valence-corrected chi connectivity index (χ4v) is 4.85. The summed E-state index contributed by atoms with van der Waals surface area (Å²) in [6.07, 6.45) is 6.69. The second kappa shape index (κ2) is 9.76. The summed E-state index contributed by atoms with van der Waals surface area (Å²) < 4.78 is 14.2. The first kappa shape index (κ1) is 24.3. The van der Waals surface area contributed by atoms with Crippen LogP contribution in [0.1, 0.15) is 15.9 Å². The number of hydrogen-bond donors (Lipinski definition) is 3. The molecule has 2 aromatic carbocycles. The summed E-state index contributed by atoms with van der Waals surface area (Å²) in [4.78, 5) is 34.0. The Kier molecular flexibility index (Phi) is 5.78. The van der Waals surface area contributed by atoms with Crippen LogP contribution in [-0.4, -0.2) is 41.0 Å². The minimum absolute atomic E-state index is 0.221. The first-order valence-electron chi connectivity index (χ1n) is 12.8. The Balaban J connectivity index is 1.25. The van der Waals surface area contributed by atoms with E-state index in [0.717, 1.165) is 33.2 Å². The van der Waals surface area contributed by atoms with Crippen LogP contribution in [0.2, 0.25) is 0 Å². The number of nitrogens with zero attached hydrogens (tertiary/aromatic N) is 5. The number of hydrogen-bond acceptors (Lipinski definition) is 6. The average Bonchev–Trinajstić information content (AvgIpc) is 3.61. The molecule has 0 fully saturated rings. The number of anilines is 1. The molecule has 7 rings (SSSR count). The van der Waals surface area contributed by atoms with Gasteiger partial charge in [-0.2, -0.15) is 5.10 Å². The van der Waals surface area contributed by atoms with Crippen molar-refractivity contribution in [2.75, 3.05) is 5.32 Å². The number of aromatic nitrogens is 7. The first-order chi connectivity index (χ1) is 20.0. The van der Waals surface area contributed by atoms with Crippen molar-refractivity contribution in [1.82, 2.24) is 35.1 Å². The zero-order chi connectivity index (χ0) is 27.9. The molecular weight excluding hydrogens is 519 g/mol. The van der Waals surface area contributed by atoms with Gasteiger partial charge in [0.25, 0.3) is 5.91 Å². The Morgan fingerprint density at radius 1 is 0.878 bits per heavy atom. The number of aromatic amines is 2. The standard InChI is InChI=1S/C31H21FN8O/c1-17-9-19(11-22(32)10-17)24-7-8-34-29-26(24)37-30(38-29)27-25-13-21(15-35-28(25)40-39-27)20-12-23(16-33-14-20)36-31(41)18-5-3-2-4-6-18/h2-16H,1H3,(H,36,41)(H,34,37,38)(H,35,39,40). The van der Waals surface area contributed by atoms with Gasteiger partial charge in [0, 0.05) is 40.8 Å². The van der Waals surface area contributed by atoms with Crippen molar-refractivity contribution in [2.24, 2.45) is 0 Å². The molecule has 0 saturated carbocycles. The topological polar surface area (TPSA) is 125 Å². The van der Waals surface area contributed by atoms with E-state index in [9.17, 15) is 9.18 Å². The number of carbonyl (C=O) groups excluding carboxylic acids is 1. The number of halogens is 1. The number of pyridine rings is 3. The molecule has 0 bridgehead atoms. The first-order valence-corrected chi connectivity index (χ1v) is 12.8. The highest BCUT2D eigenvalue weighted by Gasteiger charge is 2.18. The van der Waals surface area contributed by atoms with Crippen molar-refractivity contribution in [2.45, 2.75) is 6.92 Å². The lowest BCUT2D eigenvalue weighted by atomic mass is 10.0. The fourth-order valence-electron chi connectivity index (χ4n) is 4.85. The van der Waals surface area contributed by atoms with Crippen LogP contribution in [-0.2, 0) is 0 Å². The van der Waals surface area contributed by atoms with Crippen LogP contribution < -0.4 is 5.32 Å². The molecule has 3 N–H and O–H groups in total. The van der Waals surface area contributed by atoms with Gasteiger partial charge in [-0.25, -0.2) is 19.3 Å². The molecule has 1 amide bonds. The van der Waals surface area contributed by atoms with Gasteiger partial charge in [-0.1, -0.05) is 24.3 Å². The predicted molar refractivity (Wildman–Crippen MR) is 155 cm³/mol. The molecule has 0 spiro atoms. The van der Waals surface area contributed by atoms with Gasteiger partial charge >= 0.3 is 0 Å². The molecule has 0 aliphatic heterocycles. The highest BCUT2D eigenvalue weighted by Crippen LogP contribution is 2.32. The summed E-state index contributed by atoms with van der Waals surface area (Å²) in [5.74, 6) is -0.0300. The van der Waals surface area contributed by atoms with Crippen molar-refractivity contribution in [1.29, 1.82) is 0 Å². The normalized spacial score (nSPS) is 11.3. The van der Waals surface area contributed by atoms with Crippen molar-refractivity contribution in [3.63, 3.8) is 0 Å². The van der Waals surface area contributed by atoms with Crippen LogP contribution in [0.4, 0.5) is 10.1 Å². The van der Waals surface area contributed by atoms with Gasteiger partial charge in [0.2, 0.25) is 0 Å². The Hall–Kier alpha value is -5.77. The third-order valence-corrected chi connectivity index (χ3v) is 6.74. The van der Waals surface area contributed by atoms with Crippen LogP contribution in [0.25, 0.3) is 56.0 Å². The Bertz CT molecular complexity index is 2060. The Labute approximate surface area is 232 Å². The summed E-state index contributed by atoms with van der Waals surface area (Å²) >= 11 is 0. The van der Waals surface area contributed by atoms with E-state index < -0.39 is 0 Å². The number of imidazole rings is 1. The molecule has 0 aliphatic carbocycles. The molecular formula is C31H21FN8O. The zero-order valence-corrected chi connectivity index (χ0v) is 21.7. The molecule has 0 radical (unpaired) electrons. The molecule has 5 aromatic heterocycles. The SMILES string of the molecule is Cc1cc(F)cc(-c2ccnc3[nH]c(-c4n[nH]c5ncc(-c6cncc(NC(=O)c7ccccc7)c6)cc45)nc23)c1. The highest BCUT2D eigenvalue weighted by atomic mass is 19.1. The number of benzene rings is 2. The number of carbonyl (C=O) groups is 1. The molecule has 5 heterocycles. The quantitative estimate of drug-likeness (QED) is 0.234. The van der Waals surface area contributed by atoms with Crippen LogP contribution in [0.3, 0.4) is 0 Å². The van der Waals surface area contributed by atoms with Gasteiger partial charge in [0.15, 0.2) is 17.1 Å². The van der Waals surface area contributed by atoms with Gasteiger partial charge in [0.1, 0.15) is 17.0 Å².